The number of aryl methyl sites for hydroxylation is 12. The van der Waals surface area contributed by atoms with E-state index in [1.807, 2.05) is 57.7 Å². The highest BCUT2D eigenvalue weighted by Crippen LogP contribution is 2.48. The highest BCUT2D eigenvalue weighted by molar-refractivity contribution is 6.14. The van der Waals surface area contributed by atoms with E-state index in [-0.39, 0.29) is 28.6 Å². The Kier molecular flexibility index (Phi) is 13.2. The molecule has 0 aliphatic heterocycles. The second kappa shape index (κ2) is 20.1. The molecule has 12 aromatic rings. The van der Waals surface area contributed by atoms with Gasteiger partial charge in [0.2, 0.25) is 0 Å². The first-order valence-corrected chi connectivity index (χ1v) is 28.2. The maximum absolute atomic E-state index is 15.6. The van der Waals surface area contributed by atoms with Crippen LogP contribution in [-0.4, -0.2) is 9.13 Å². The van der Waals surface area contributed by atoms with Gasteiger partial charge in [0.1, 0.15) is 11.6 Å². The van der Waals surface area contributed by atoms with Crippen LogP contribution >= 0.6 is 0 Å². The first-order chi connectivity index (χ1) is 39.8. The Hall–Kier alpha value is -9.13. The number of halogens is 6. The molecule has 3 nitrogen and oxygen atoms in total. The van der Waals surface area contributed by atoms with Crippen molar-refractivity contribution in [3.8, 4) is 73.1 Å². The molecule has 84 heavy (non-hydrogen) atoms. The largest absolute Gasteiger partial charge is 0.417 e. The van der Waals surface area contributed by atoms with Crippen molar-refractivity contribution in [2.75, 3.05) is 0 Å². The quantitative estimate of drug-likeness (QED) is 0.146. The van der Waals surface area contributed by atoms with E-state index in [1.54, 1.807) is 12.1 Å². The number of benzene rings is 10. The summed E-state index contributed by atoms with van der Waals surface area (Å²) < 4.78 is 94.2. The zero-order chi connectivity index (χ0) is 59.7. The molecule has 0 N–H and O–H groups in total. The molecule has 0 unspecified atom stereocenters. The van der Waals surface area contributed by atoms with Gasteiger partial charge in [-0.3, -0.25) is 0 Å². The second-order valence-corrected chi connectivity index (χ2v) is 23.5. The Morgan fingerprint density at radius 2 is 0.607 bits per heavy atom. The third-order valence-electron chi connectivity index (χ3n) is 17.0. The number of fused-ring (bicyclic) bond motifs is 6. The summed E-state index contributed by atoms with van der Waals surface area (Å²) in [5.41, 5.74) is 21.5. The van der Waals surface area contributed by atoms with Gasteiger partial charge in [-0.25, -0.2) is 0 Å². The van der Waals surface area contributed by atoms with Crippen LogP contribution < -0.4 is 0 Å². The molecule has 9 heteroatoms. The molecule has 12 rings (SSSR count). The average molecular weight is 1120 g/mol. The zero-order valence-corrected chi connectivity index (χ0v) is 49.0. The average Bonchev–Trinajstić information content (AvgIpc) is 1.74. The lowest BCUT2D eigenvalue weighted by Gasteiger charge is -2.21. The number of hydrogen-bond acceptors (Lipinski definition) is 1. The van der Waals surface area contributed by atoms with Crippen molar-refractivity contribution in [3.05, 3.63) is 235 Å². The predicted molar refractivity (Wildman–Crippen MR) is 334 cm³/mol. The molecule has 418 valence electrons. The van der Waals surface area contributed by atoms with Gasteiger partial charge in [0, 0.05) is 21.5 Å². The molecule has 2 aromatic heterocycles. The van der Waals surface area contributed by atoms with E-state index in [2.05, 4.69) is 162 Å². The summed E-state index contributed by atoms with van der Waals surface area (Å²) in [5.74, 6) is 0. The Morgan fingerprint density at radius 1 is 0.321 bits per heavy atom. The lowest BCUT2D eigenvalue weighted by Crippen LogP contribution is -2.12. The first-order valence-electron chi connectivity index (χ1n) is 28.2. The maximum atomic E-state index is 15.6. The zero-order valence-electron chi connectivity index (χ0n) is 49.0. The van der Waals surface area contributed by atoms with Gasteiger partial charge in [-0.05, 0) is 256 Å². The minimum atomic E-state index is -5.21. The number of aromatic nitrogens is 2. The van der Waals surface area contributed by atoms with Gasteiger partial charge in [-0.15, -0.1) is 0 Å². The number of nitriles is 1. The normalized spacial score (nSPS) is 12.2. The van der Waals surface area contributed by atoms with Gasteiger partial charge in [-0.2, -0.15) is 31.6 Å². The Morgan fingerprint density at radius 3 is 0.857 bits per heavy atom. The van der Waals surface area contributed by atoms with Gasteiger partial charge in [0.15, 0.2) is 0 Å². The van der Waals surface area contributed by atoms with Crippen molar-refractivity contribution in [3.63, 3.8) is 0 Å². The van der Waals surface area contributed by atoms with Gasteiger partial charge in [0.25, 0.3) is 0 Å². The topological polar surface area (TPSA) is 33.6 Å². The monoisotopic (exact) mass is 1120 g/mol. The van der Waals surface area contributed by atoms with Crippen LogP contribution in [0.2, 0.25) is 0 Å². The van der Waals surface area contributed by atoms with Crippen LogP contribution in [0.25, 0.3) is 111 Å². The van der Waals surface area contributed by atoms with E-state index in [9.17, 15) is 18.4 Å². The Balaban J connectivity index is 1.23. The lowest BCUT2D eigenvalue weighted by atomic mass is 9.91. The Bertz CT molecular complexity index is 4260. The molecule has 0 bridgehead atoms. The molecule has 0 fully saturated rings. The number of nitrogens with zero attached hydrogens (tertiary/aromatic N) is 3. The van der Waals surface area contributed by atoms with E-state index in [4.69, 9.17) is 0 Å². The second-order valence-electron chi connectivity index (χ2n) is 23.5. The van der Waals surface area contributed by atoms with E-state index in [1.165, 1.54) is 0 Å². The van der Waals surface area contributed by atoms with E-state index in [0.29, 0.717) is 28.1 Å². The van der Waals surface area contributed by atoms with Crippen LogP contribution in [0, 0.1) is 94.4 Å². The summed E-state index contributed by atoms with van der Waals surface area (Å²) >= 11 is 0. The van der Waals surface area contributed by atoms with Gasteiger partial charge >= 0.3 is 12.4 Å². The fraction of sp³-hybridized carbons (Fsp3) is 0.187. The summed E-state index contributed by atoms with van der Waals surface area (Å²) in [4.78, 5) is 0. The van der Waals surface area contributed by atoms with Crippen molar-refractivity contribution in [2.24, 2.45) is 0 Å². The summed E-state index contributed by atoms with van der Waals surface area (Å²) in [7, 11) is 0. The highest BCUT2D eigenvalue weighted by Gasteiger charge is 2.39. The molecule has 2 heterocycles. The van der Waals surface area contributed by atoms with Crippen molar-refractivity contribution in [2.45, 2.75) is 95.4 Å². The molecule has 0 saturated carbocycles. The van der Waals surface area contributed by atoms with Crippen LogP contribution in [0.1, 0.15) is 83.5 Å². The van der Waals surface area contributed by atoms with Crippen molar-refractivity contribution < 1.29 is 26.3 Å². The fourth-order valence-electron chi connectivity index (χ4n) is 14.2. The summed E-state index contributed by atoms with van der Waals surface area (Å²) in [6.07, 6.45) is -10.3. The first kappa shape index (κ1) is 55.4. The number of alkyl halides is 6. The van der Waals surface area contributed by atoms with E-state index in [0.717, 1.165) is 139 Å². The molecule has 0 amide bonds. The third-order valence-corrected chi connectivity index (χ3v) is 17.0. The molecule has 0 saturated heterocycles. The molecule has 0 spiro atoms. The highest BCUT2D eigenvalue weighted by atomic mass is 19.4. The third kappa shape index (κ3) is 9.24. The smallest absolute Gasteiger partial charge is 0.308 e. The van der Waals surface area contributed by atoms with Crippen LogP contribution in [0.5, 0.6) is 0 Å². The molecule has 0 aliphatic carbocycles. The molecular weight excluding hydrogens is 1060 g/mol. The lowest BCUT2D eigenvalue weighted by molar-refractivity contribution is -0.142. The molecule has 0 aliphatic rings. The standard InChI is InChI=1S/C75H61F6N3/c1-39-23-43(5)70(44(6)24-39)51-13-19-64-58(31-51)59-32-52(71-45(7)25-40(2)26-46(71)8)14-20-65(59)83(64)68-35-55(57-18-17-56(74(76,77)78)37-63(57)75(79,80)81)36-69(62(68)38-82)84-66-21-15-53(72-47(9)27-41(3)28-48(72)10)33-60(66)61-34-54(16-22-67(61)84)73-49(11)29-42(4)30-50(73)12/h13-37H,1-12H3. The molecular formula is C75H61F6N3. The molecule has 0 radical (unpaired) electrons. The van der Waals surface area contributed by atoms with Crippen LogP contribution in [0.15, 0.2) is 152 Å². The fourth-order valence-corrected chi connectivity index (χ4v) is 14.2. The van der Waals surface area contributed by atoms with Gasteiger partial charge in [-0.1, -0.05) is 101 Å². The molecule has 10 aromatic carbocycles. The van der Waals surface area contributed by atoms with Crippen LogP contribution in [0.4, 0.5) is 26.3 Å². The minimum absolute atomic E-state index is 0.0276. The number of hydrogen-bond donors (Lipinski definition) is 0. The number of rotatable bonds is 7. The molecule has 0 atom stereocenters. The Labute approximate surface area is 485 Å². The SMILES string of the molecule is Cc1cc(C)c(-c2ccc3c(c2)c2cc(-c4c(C)cc(C)cc4C)ccc2n3-c2cc(-c3ccc(C(F)(F)F)cc3C(F)(F)F)cc(-n3c4ccc(-c5c(C)cc(C)cc5C)cc4c4cc(-c5c(C)cc(C)cc5C)ccc43)c2C#N)c(C)c1. The van der Waals surface area contributed by atoms with Crippen molar-refractivity contribution in [1.29, 1.82) is 5.26 Å². The van der Waals surface area contributed by atoms with Crippen molar-refractivity contribution >= 4 is 43.6 Å². The van der Waals surface area contributed by atoms with Crippen molar-refractivity contribution in [1.82, 2.24) is 9.13 Å². The maximum Gasteiger partial charge on any atom is 0.417 e. The van der Waals surface area contributed by atoms with Gasteiger partial charge < -0.3 is 9.13 Å². The van der Waals surface area contributed by atoms with Gasteiger partial charge in [0.05, 0.1) is 44.6 Å². The summed E-state index contributed by atoms with van der Waals surface area (Å²) in [5, 5.41) is 15.3. The summed E-state index contributed by atoms with van der Waals surface area (Å²) in [6, 6.07) is 49.5. The van der Waals surface area contributed by atoms with E-state index < -0.39 is 29.0 Å². The minimum Gasteiger partial charge on any atom is -0.308 e. The van der Waals surface area contributed by atoms with Crippen LogP contribution in [0.3, 0.4) is 0 Å². The van der Waals surface area contributed by atoms with Crippen LogP contribution in [-0.2, 0) is 12.4 Å². The summed E-state index contributed by atoms with van der Waals surface area (Å²) in [6.45, 7) is 25.1. The van der Waals surface area contributed by atoms with E-state index >= 15 is 13.2 Å². The predicted octanol–water partition coefficient (Wildman–Crippen LogP) is 21.8.